The second-order valence-electron chi connectivity index (χ2n) is 6.12. The molecule has 1 fully saturated rings. The first kappa shape index (κ1) is 16.5. The molecule has 0 aromatic carbocycles. The molecule has 0 aliphatic carbocycles. The molecule has 0 spiro atoms. The smallest absolute Gasteiger partial charge is 0.255 e. The van der Waals surface area contributed by atoms with Crippen LogP contribution in [-0.2, 0) is 4.79 Å². The van der Waals surface area contributed by atoms with E-state index >= 15 is 0 Å². The van der Waals surface area contributed by atoms with Crippen molar-refractivity contribution in [3.63, 3.8) is 0 Å². The molecule has 120 valence electrons. The molecule has 5 nitrogen and oxygen atoms in total. The fourth-order valence-corrected chi connectivity index (χ4v) is 2.75. The zero-order valence-corrected chi connectivity index (χ0v) is 13.6. The maximum absolute atomic E-state index is 12.4. The molecule has 1 aromatic heterocycles. The zero-order valence-electron chi connectivity index (χ0n) is 13.6. The molecular formula is C17H25N3O2. The van der Waals surface area contributed by atoms with Crippen LogP contribution in [0.2, 0.25) is 0 Å². The van der Waals surface area contributed by atoms with Gasteiger partial charge in [-0.15, -0.1) is 0 Å². The van der Waals surface area contributed by atoms with E-state index in [1.54, 1.807) is 17.2 Å². The van der Waals surface area contributed by atoms with Gasteiger partial charge in [0.05, 0.1) is 5.56 Å². The van der Waals surface area contributed by atoms with Crippen LogP contribution in [0.1, 0.15) is 49.2 Å². The first-order valence-corrected chi connectivity index (χ1v) is 8.03. The Labute approximate surface area is 132 Å². The molecule has 2 atom stereocenters. The number of pyridine rings is 1. The molecule has 2 rings (SSSR count). The Morgan fingerprint density at radius 2 is 2.23 bits per heavy atom. The maximum atomic E-state index is 12.4. The van der Waals surface area contributed by atoms with Crippen molar-refractivity contribution in [2.45, 2.75) is 46.1 Å². The van der Waals surface area contributed by atoms with Gasteiger partial charge < -0.3 is 10.2 Å². The summed E-state index contributed by atoms with van der Waals surface area (Å²) in [4.78, 5) is 30.4. The van der Waals surface area contributed by atoms with Crippen LogP contribution in [-0.4, -0.2) is 40.8 Å². The standard InChI is InChI=1S/C17H25N3O2/c1-4-5-12(2)16(21)19-15-8-9-20(11-15)17(22)14-7-6-13(3)18-10-14/h6-7,10,12,15H,4-5,8-9,11H2,1-3H3,(H,19,21)/t12?,15-/m1/s1. The lowest BCUT2D eigenvalue weighted by Gasteiger charge is -2.18. The number of aromatic nitrogens is 1. The summed E-state index contributed by atoms with van der Waals surface area (Å²) in [5, 5.41) is 3.06. The minimum absolute atomic E-state index is 0.00847. The first-order chi connectivity index (χ1) is 10.5. The van der Waals surface area contributed by atoms with Crippen molar-refractivity contribution >= 4 is 11.8 Å². The summed E-state index contributed by atoms with van der Waals surface area (Å²) in [6, 6.07) is 3.71. The average molecular weight is 303 g/mol. The van der Waals surface area contributed by atoms with Gasteiger partial charge in [0.2, 0.25) is 5.91 Å². The van der Waals surface area contributed by atoms with Crippen molar-refractivity contribution in [3.05, 3.63) is 29.6 Å². The highest BCUT2D eigenvalue weighted by Crippen LogP contribution is 2.15. The first-order valence-electron chi connectivity index (χ1n) is 8.03. The predicted molar refractivity (Wildman–Crippen MR) is 85.5 cm³/mol. The van der Waals surface area contributed by atoms with Crippen LogP contribution < -0.4 is 5.32 Å². The molecule has 0 bridgehead atoms. The SMILES string of the molecule is CCCC(C)C(=O)N[C@@H]1CCN(C(=O)c2ccc(C)nc2)C1. The molecule has 1 saturated heterocycles. The van der Waals surface area contributed by atoms with Crippen LogP contribution in [0.5, 0.6) is 0 Å². The lowest BCUT2D eigenvalue weighted by atomic mass is 10.0. The number of aryl methyl sites for hydroxylation is 1. The lowest BCUT2D eigenvalue weighted by molar-refractivity contribution is -0.125. The van der Waals surface area contributed by atoms with Gasteiger partial charge in [-0.1, -0.05) is 20.3 Å². The van der Waals surface area contributed by atoms with Crippen molar-refractivity contribution in [2.24, 2.45) is 5.92 Å². The molecule has 2 heterocycles. The molecule has 5 heteroatoms. The number of carbonyl (C=O) groups is 2. The predicted octanol–water partition coefficient (Wildman–Crippen LogP) is 2.16. The summed E-state index contributed by atoms with van der Waals surface area (Å²) in [7, 11) is 0. The highest BCUT2D eigenvalue weighted by Gasteiger charge is 2.28. The van der Waals surface area contributed by atoms with Crippen LogP contribution in [0.15, 0.2) is 18.3 Å². The van der Waals surface area contributed by atoms with Gasteiger partial charge in [-0.25, -0.2) is 0 Å². The number of rotatable bonds is 5. The monoisotopic (exact) mass is 303 g/mol. The Balaban J connectivity index is 1.88. The summed E-state index contributed by atoms with van der Waals surface area (Å²) in [6.07, 6.45) is 4.34. The van der Waals surface area contributed by atoms with Gasteiger partial charge in [-0.2, -0.15) is 0 Å². The van der Waals surface area contributed by atoms with E-state index in [4.69, 9.17) is 0 Å². The van der Waals surface area contributed by atoms with E-state index in [2.05, 4.69) is 17.2 Å². The van der Waals surface area contributed by atoms with Crippen molar-refractivity contribution in [1.82, 2.24) is 15.2 Å². The highest BCUT2D eigenvalue weighted by molar-refractivity contribution is 5.94. The summed E-state index contributed by atoms with van der Waals surface area (Å²) in [6.45, 7) is 7.19. The largest absolute Gasteiger partial charge is 0.351 e. The lowest BCUT2D eigenvalue weighted by Crippen LogP contribution is -2.40. The summed E-state index contributed by atoms with van der Waals surface area (Å²) < 4.78 is 0. The van der Waals surface area contributed by atoms with Crippen LogP contribution in [0.3, 0.4) is 0 Å². The molecule has 1 aliphatic rings. The quantitative estimate of drug-likeness (QED) is 0.906. The Morgan fingerprint density at radius 3 is 2.86 bits per heavy atom. The second kappa shape index (κ2) is 7.38. The molecule has 1 aromatic rings. The van der Waals surface area contributed by atoms with Gasteiger partial charge in [0.25, 0.3) is 5.91 Å². The van der Waals surface area contributed by atoms with Crippen LogP contribution >= 0.6 is 0 Å². The van der Waals surface area contributed by atoms with E-state index in [0.717, 1.165) is 25.0 Å². The number of amides is 2. The maximum Gasteiger partial charge on any atom is 0.255 e. The molecule has 0 saturated carbocycles. The number of hydrogen-bond donors (Lipinski definition) is 1. The zero-order chi connectivity index (χ0) is 16.1. The minimum atomic E-state index is -0.00847. The van der Waals surface area contributed by atoms with E-state index in [9.17, 15) is 9.59 Å². The molecule has 1 aliphatic heterocycles. The van der Waals surface area contributed by atoms with Gasteiger partial charge in [-0.05, 0) is 31.9 Å². The van der Waals surface area contributed by atoms with Crippen LogP contribution in [0, 0.1) is 12.8 Å². The minimum Gasteiger partial charge on any atom is -0.351 e. The van der Waals surface area contributed by atoms with E-state index in [0.29, 0.717) is 18.7 Å². The molecule has 0 radical (unpaired) electrons. The van der Waals surface area contributed by atoms with Crippen LogP contribution in [0.4, 0.5) is 0 Å². The highest BCUT2D eigenvalue weighted by atomic mass is 16.2. The normalized spacial score (nSPS) is 19.0. The number of hydrogen-bond acceptors (Lipinski definition) is 3. The average Bonchev–Trinajstić information content (AvgIpc) is 2.96. The van der Waals surface area contributed by atoms with E-state index in [1.165, 1.54) is 0 Å². The van der Waals surface area contributed by atoms with E-state index in [1.807, 2.05) is 19.9 Å². The van der Waals surface area contributed by atoms with Crippen molar-refractivity contribution in [1.29, 1.82) is 0 Å². The van der Waals surface area contributed by atoms with Gasteiger partial charge >= 0.3 is 0 Å². The Kier molecular flexibility index (Phi) is 5.52. The third kappa shape index (κ3) is 4.06. The van der Waals surface area contributed by atoms with Gasteiger partial charge in [0.15, 0.2) is 0 Å². The topological polar surface area (TPSA) is 62.3 Å². The summed E-state index contributed by atoms with van der Waals surface area (Å²) in [5.74, 6) is 0.125. The third-order valence-corrected chi connectivity index (χ3v) is 4.15. The Bertz CT molecular complexity index is 527. The number of likely N-dealkylation sites (tertiary alicyclic amines) is 1. The van der Waals surface area contributed by atoms with Crippen molar-refractivity contribution < 1.29 is 9.59 Å². The second-order valence-corrected chi connectivity index (χ2v) is 6.12. The number of carbonyl (C=O) groups excluding carboxylic acids is 2. The number of nitrogens with one attached hydrogen (secondary N) is 1. The Morgan fingerprint density at radius 1 is 1.45 bits per heavy atom. The molecule has 1 unspecified atom stereocenters. The number of nitrogens with zero attached hydrogens (tertiary/aromatic N) is 2. The fourth-order valence-electron chi connectivity index (χ4n) is 2.75. The van der Waals surface area contributed by atoms with Crippen LogP contribution in [0.25, 0.3) is 0 Å². The van der Waals surface area contributed by atoms with Crippen molar-refractivity contribution in [3.8, 4) is 0 Å². The molecule has 2 amide bonds. The molecule has 22 heavy (non-hydrogen) atoms. The van der Waals surface area contributed by atoms with Gasteiger partial charge in [0.1, 0.15) is 0 Å². The molecular weight excluding hydrogens is 278 g/mol. The fraction of sp³-hybridized carbons (Fsp3) is 0.588. The summed E-state index contributed by atoms with van der Waals surface area (Å²) >= 11 is 0. The third-order valence-electron chi connectivity index (χ3n) is 4.15. The Hall–Kier alpha value is -1.91. The summed E-state index contributed by atoms with van der Waals surface area (Å²) in [5.41, 5.74) is 1.50. The van der Waals surface area contributed by atoms with Gasteiger partial charge in [0, 0.05) is 36.9 Å². The van der Waals surface area contributed by atoms with E-state index in [-0.39, 0.29) is 23.8 Å². The van der Waals surface area contributed by atoms with Gasteiger partial charge in [-0.3, -0.25) is 14.6 Å². The van der Waals surface area contributed by atoms with Crippen molar-refractivity contribution in [2.75, 3.05) is 13.1 Å². The van der Waals surface area contributed by atoms with E-state index < -0.39 is 0 Å². The molecule has 1 N–H and O–H groups in total.